The SMILES string of the molecule is COC(=O)C1Cc2cc3c(cc2CC(C(=O)OC)C1=O)CC1(C(=O)OC)Cc2ccccc2CC(C(=O)OC)(C3)C1=O. The van der Waals surface area contributed by atoms with Crippen LogP contribution < -0.4 is 0 Å². The van der Waals surface area contributed by atoms with Crippen LogP contribution in [0.5, 0.6) is 0 Å². The fourth-order valence-electron chi connectivity index (χ4n) is 7.04. The number of carbonyl (C=O) groups is 6. The molecule has 0 fully saturated rings. The van der Waals surface area contributed by atoms with E-state index in [4.69, 9.17) is 18.9 Å². The molecule has 2 aromatic carbocycles. The van der Waals surface area contributed by atoms with Crippen LogP contribution in [0.15, 0.2) is 36.4 Å². The molecule has 0 aromatic heterocycles. The molecular weight excluding hydrogens is 544 g/mol. The van der Waals surface area contributed by atoms with Gasteiger partial charge in [0.15, 0.2) is 11.6 Å². The van der Waals surface area contributed by atoms with Crippen molar-refractivity contribution in [3.8, 4) is 0 Å². The van der Waals surface area contributed by atoms with E-state index in [0.29, 0.717) is 22.3 Å². The van der Waals surface area contributed by atoms with Crippen LogP contribution in [0.25, 0.3) is 0 Å². The fourth-order valence-corrected chi connectivity index (χ4v) is 7.04. The minimum Gasteiger partial charge on any atom is -0.468 e. The Morgan fingerprint density at radius 2 is 0.976 bits per heavy atom. The number of Topliss-reactive ketones (excluding diaryl/α,β-unsaturated/α-hetero) is 2. The van der Waals surface area contributed by atoms with E-state index in [9.17, 15) is 28.8 Å². The molecule has 0 saturated heterocycles. The van der Waals surface area contributed by atoms with Crippen molar-refractivity contribution in [3.05, 3.63) is 69.8 Å². The Bertz CT molecular complexity index is 1420. The standard InChI is InChI=1S/C32H32O10/c1-39-26(34)23-11-19-9-21-15-31(29(37)41-3)13-17-7-5-6-8-18(17)14-32(28(31)36,30(38)42-4)16-22(21)10-20(19)12-24(25(23)33)27(35)40-2/h5-10,23-24H,11-16H2,1-4H3. The second-order valence-electron chi connectivity index (χ2n) is 11.3. The van der Waals surface area contributed by atoms with Crippen molar-refractivity contribution in [3.63, 3.8) is 0 Å². The van der Waals surface area contributed by atoms with Gasteiger partial charge < -0.3 is 18.9 Å². The molecule has 42 heavy (non-hydrogen) atoms. The Hall–Kier alpha value is -4.34. The summed E-state index contributed by atoms with van der Waals surface area (Å²) in [5, 5.41) is 0. The van der Waals surface area contributed by atoms with Crippen molar-refractivity contribution in [1.82, 2.24) is 0 Å². The molecule has 3 aliphatic carbocycles. The zero-order valence-corrected chi connectivity index (χ0v) is 23.9. The van der Waals surface area contributed by atoms with Gasteiger partial charge in [0.2, 0.25) is 0 Å². The first-order chi connectivity index (χ1) is 20.0. The summed E-state index contributed by atoms with van der Waals surface area (Å²) in [7, 11) is 4.77. The molecule has 0 saturated carbocycles. The molecule has 0 N–H and O–H groups in total. The summed E-state index contributed by atoms with van der Waals surface area (Å²) < 4.78 is 20.2. The average molecular weight is 577 g/mol. The third-order valence-corrected chi connectivity index (χ3v) is 9.14. The molecule has 5 rings (SSSR count). The normalized spacial score (nSPS) is 26.2. The third-order valence-electron chi connectivity index (χ3n) is 9.14. The third kappa shape index (κ3) is 4.40. The van der Waals surface area contributed by atoms with Gasteiger partial charge in [-0.15, -0.1) is 0 Å². The van der Waals surface area contributed by atoms with Gasteiger partial charge in [0.05, 0.1) is 28.4 Å². The number of ether oxygens (including phenoxy) is 4. The van der Waals surface area contributed by atoms with E-state index in [1.165, 1.54) is 28.4 Å². The molecule has 10 nitrogen and oxygen atoms in total. The number of benzene rings is 2. The summed E-state index contributed by atoms with van der Waals surface area (Å²) in [5.41, 5.74) is 0.513. The Morgan fingerprint density at radius 1 is 0.595 bits per heavy atom. The molecule has 0 spiro atoms. The van der Waals surface area contributed by atoms with Gasteiger partial charge in [0, 0.05) is 0 Å². The number of fused-ring (bicyclic) bond motifs is 5. The largest absolute Gasteiger partial charge is 0.468 e. The fraction of sp³-hybridized carbons (Fsp3) is 0.438. The van der Waals surface area contributed by atoms with E-state index in [2.05, 4.69) is 0 Å². The van der Waals surface area contributed by atoms with Gasteiger partial charge in [-0.2, -0.15) is 0 Å². The molecule has 10 heteroatoms. The topological polar surface area (TPSA) is 139 Å². The lowest BCUT2D eigenvalue weighted by Crippen LogP contribution is -2.54. The smallest absolute Gasteiger partial charge is 0.320 e. The Morgan fingerprint density at radius 3 is 1.33 bits per heavy atom. The highest BCUT2D eigenvalue weighted by molar-refractivity contribution is 6.16. The maximum atomic E-state index is 14.6. The van der Waals surface area contributed by atoms with Gasteiger partial charge in [-0.3, -0.25) is 28.8 Å². The number of hydrogen-bond acceptors (Lipinski definition) is 10. The summed E-state index contributed by atoms with van der Waals surface area (Å²) in [4.78, 5) is 80.6. The first-order valence-electron chi connectivity index (χ1n) is 13.7. The number of hydrogen-bond donors (Lipinski definition) is 0. The highest BCUT2D eigenvalue weighted by Crippen LogP contribution is 2.49. The van der Waals surface area contributed by atoms with Gasteiger partial charge in [-0.1, -0.05) is 36.4 Å². The zero-order valence-electron chi connectivity index (χ0n) is 23.9. The first kappa shape index (κ1) is 29.2. The summed E-state index contributed by atoms with van der Waals surface area (Å²) >= 11 is 0. The predicted molar refractivity (Wildman–Crippen MR) is 145 cm³/mol. The van der Waals surface area contributed by atoms with Gasteiger partial charge in [0.1, 0.15) is 22.7 Å². The van der Waals surface area contributed by atoms with Crippen LogP contribution in [0.2, 0.25) is 0 Å². The molecule has 4 atom stereocenters. The Kier molecular flexibility index (Phi) is 7.51. The second kappa shape index (κ2) is 10.8. The van der Waals surface area contributed by atoms with Crippen LogP contribution in [0, 0.1) is 22.7 Å². The number of methoxy groups -OCH3 is 4. The molecule has 2 aromatic rings. The molecule has 2 bridgehead atoms. The molecule has 0 aliphatic heterocycles. The zero-order chi connectivity index (χ0) is 30.4. The second-order valence-corrected chi connectivity index (χ2v) is 11.3. The van der Waals surface area contributed by atoms with Crippen LogP contribution in [-0.2, 0) is 86.2 Å². The van der Waals surface area contributed by atoms with Crippen LogP contribution in [0.4, 0.5) is 0 Å². The first-order valence-corrected chi connectivity index (χ1v) is 13.7. The van der Waals surface area contributed by atoms with Crippen molar-refractivity contribution in [2.75, 3.05) is 28.4 Å². The van der Waals surface area contributed by atoms with Gasteiger partial charge in [-0.05, 0) is 71.9 Å². The van der Waals surface area contributed by atoms with E-state index >= 15 is 0 Å². The van der Waals surface area contributed by atoms with Crippen molar-refractivity contribution in [1.29, 1.82) is 0 Å². The molecular formula is C32H32O10. The summed E-state index contributed by atoms with van der Waals surface area (Å²) in [6, 6.07) is 10.9. The molecule has 220 valence electrons. The van der Waals surface area contributed by atoms with Gasteiger partial charge in [-0.25, -0.2) is 0 Å². The molecule has 4 unspecified atom stereocenters. The van der Waals surface area contributed by atoms with Crippen LogP contribution >= 0.6 is 0 Å². The molecule has 0 radical (unpaired) electrons. The maximum absolute atomic E-state index is 14.6. The van der Waals surface area contributed by atoms with Gasteiger partial charge >= 0.3 is 23.9 Å². The molecule has 0 amide bonds. The van der Waals surface area contributed by atoms with Crippen molar-refractivity contribution in [2.24, 2.45) is 22.7 Å². The van der Waals surface area contributed by atoms with E-state index in [-0.39, 0.29) is 38.5 Å². The van der Waals surface area contributed by atoms with Gasteiger partial charge in [0.25, 0.3) is 0 Å². The van der Waals surface area contributed by atoms with Crippen molar-refractivity contribution >= 4 is 35.4 Å². The average Bonchev–Trinajstić information content (AvgIpc) is 3.26. The molecule has 3 aliphatic rings. The number of rotatable bonds is 4. The number of esters is 4. The lowest BCUT2D eigenvalue weighted by Gasteiger charge is -2.34. The minimum atomic E-state index is -1.73. The Labute approximate surface area is 242 Å². The summed E-state index contributed by atoms with van der Waals surface area (Å²) in [5.74, 6) is -6.70. The number of ketones is 2. The van der Waals surface area contributed by atoms with E-state index in [1.807, 2.05) is 24.3 Å². The Balaban J connectivity index is 1.75. The quantitative estimate of drug-likeness (QED) is 0.229. The predicted octanol–water partition coefficient (Wildman–Crippen LogP) is 1.72. The lowest BCUT2D eigenvalue weighted by molar-refractivity contribution is -0.168. The highest BCUT2D eigenvalue weighted by atomic mass is 16.5. The number of carbonyl (C=O) groups excluding carboxylic acids is 6. The lowest BCUT2D eigenvalue weighted by atomic mass is 9.66. The molecule has 0 heterocycles. The summed E-state index contributed by atoms with van der Waals surface area (Å²) in [6.07, 6.45) is -0.149. The van der Waals surface area contributed by atoms with Crippen LogP contribution in [0.3, 0.4) is 0 Å². The minimum absolute atomic E-state index is 0.0254. The van der Waals surface area contributed by atoms with Crippen molar-refractivity contribution < 1.29 is 47.7 Å². The van der Waals surface area contributed by atoms with Crippen LogP contribution in [-0.4, -0.2) is 63.9 Å². The monoisotopic (exact) mass is 576 g/mol. The highest BCUT2D eigenvalue weighted by Gasteiger charge is 2.62. The van der Waals surface area contributed by atoms with Crippen molar-refractivity contribution in [2.45, 2.75) is 38.5 Å². The van der Waals surface area contributed by atoms with E-state index in [1.54, 1.807) is 12.1 Å². The maximum Gasteiger partial charge on any atom is 0.320 e. The van der Waals surface area contributed by atoms with E-state index < -0.39 is 58.1 Å². The van der Waals surface area contributed by atoms with E-state index in [0.717, 1.165) is 11.1 Å². The summed E-state index contributed by atoms with van der Waals surface area (Å²) in [6.45, 7) is 0. The van der Waals surface area contributed by atoms with Crippen LogP contribution in [0.1, 0.15) is 33.4 Å².